The number of carboxylic acid groups (broad SMARTS) is 1. The van der Waals surface area contributed by atoms with Crippen molar-refractivity contribution in [3.8, 4) is 0 Å². The summed E-state index contributed by atoms with van der Waals surface area (Å²) in [7, 11) is 0. The van der Waals surface area contributed by atoms with Gasteiger partial charge in [-0.2, -0.15) is 0 Å². The van der Waals surface area contributed by atoms with E-state index in [4.69, 9.17) is 9.84 Å². The summed E-state index contributed by atoms with van der Waals surface area (Å²) in [5.74, 6) is -1.19. The number of carboxylic acids is 1. The Morgan fingerprint density at radius 2 is 1.90 bits per heavy atom. The maximum absolute atomic E-state index is 12.3. The van der Waals surface area contributed by atoms with Crippen molar-refractivity contribution >= 4 is 11.9 Å². The SMILES string of the molecule is O=C(O)C1CCC(C(=O)NC2CCCc3ccccc32)O1. The zero-order valence-corrected chi connectivity index (χ0v) is 11.7. The van der Waals surface area contributed by atoms with Gasteiger partial charge in [-0.3, -0.25) is 4.79 Å². The number of carbonyl (C=O) groups excluding carboxylic acids is 1. The first kappa shape index (κ1) is 14.1. The number of hydrogen-bond acceptors (Lipinski definition) is 3. The number of amides is 1. The molecule has 1 aliphatic carbocycles. The number of benzene rings is 1. The average molecular weight is 289 g/mol. The van der Waals surface area contributed by atoms with Gasteiger partial charge in [0.05, 0.1) is 6.04 Å². The van der Waals surface area contributed by atoms with E-state index in [0.717, 1.165) is 19.3 Å². The van der Waals surface area contributed by atoms with E-state index in [1.807, 2.05) is 12.1 Å². The van der Waals surface area contributed by atoms with E-state index in [9.17, 15) is 9.59 Å². The van der Waals surface area contributed by atoms with Crippen LogP contribution in [-0.2, 0) is 20.7 Å². The molecule has 1 amide bonds. The van der Waals surface area contributed by atoms with Gasteiger partial charge in [-0.15, -0.1) is 0 Å². The predicted octanol–water partition coefficient (Wildman–Crippen LogP) is 1.81. The van der Waals surface area contributed by atoms with Crippen LogP contribution in [0.5, 0.6) is 0 Å². The molecule has 1 fully saturated rings. The third-order valence-corrected chi connectivity index (χ3v) is 4.27. The average Bonchev–Trinajstić information content (AvgIpc) is 2.98. The molecule has 0 saturated carbocycles. The predicted molar refractivity (Wildman–Crippen MR) is 75.8 cm³/mol. The summed E-state index contributed by atoms with van der Waals surface area (Å²) in [6, 6.07) is 8.15. The summed E-state index contributed by atoms with van der Waals surface area (Å²) in [5.41, 5.74) is 2.45. The molecule has 3 rings (SSSR count). The summed E-state index contributed by atoms with van der Waals surface area (Å²) in [6.07, 6.45) is 2.39. The van der Waals surface area contributed by atoms with Crippen LogP contribution in [0.1, 0.15) is 42.9 Å². The van der Waals surface area contributed by atoms with Crippen LogP contribution >= 0.6 is 0 Å². The smallest absolute Gasteiger partial charge is 0.332 e. The maximum Gasteiger partial charge on any atom is 0.332 e. The van der Waals surface area contributed by atoms with Crippen LogP contribution in [0, 0.1) is 0 Å². The lowest BCUT2D eigenvalue weighted by molar-refractivity contribution is -0.151. The number of hydrogen-bond donors (Lipinski definition) is 2. The zero-order chi connectivity index (χ0) is 14.8. The van der Waals surface area contributed by atoms with Gasteiger partial charge in [0.25, 0.3) is 0 Å². The highest BCUT2D eigenvalue weighted by Crippen LogP contribution is 2.30. The van der Waals surface area contributed by atoms with Gasteiger partial charge in [-0.1, -0.05) is 24.3 Å². The Hall–Kier alpha value is -1.88. The molecule has 1 aromatic carbocycles. The van der Waals surface area contributed by atoms with Gasteiger partial charge >= 0.3 is 5.97 Å². The van der Waals surface area contributed by atoms with Gasteiger partial charge in [0.2, 0.25) is 5.91 Å². The molecular weight excluding hydrogens is 270 g/mol. The first-order chi connectivity index (χ1) is 10.1. The Labute approximate surface area is 123 Å². The van der Waals surface area contributed by atoms with E-state index >= 15 is 0 Å². The minimum absolute atomic E-state index is 0.00919. The van der Waals surface area contributed by atoms with Crippen molar-refractivity contribution < 1.29 is 19.4 Å². The topological polar surface area (TPSA) is 75.6 Å². The van der Waals surface area contributed by atoms with Crippen molar-refractivity contribution in [1.29, 1.82) is 0 Å². The molecule has 0 spiro atoms. The lowest BCUT2D eigenvalue weighted by atomic mass is 9.87. The monoisotopic (exact) mass is 289 g/mol. The van der Waals surface area contributed by atoms with Crippen molar-refractivity contribution in [2.24, 2.45) is 0 Å². The van der Waals surface area contributed by atoms with Gasteiger partial charge in [0, 0.05) is 0 Å². The third kappa shape index (κ3) is 2.93. The minimum Gasteiger partial charge on any atom is -0.479 e. The first-order valence-corrected chi connectivity index (χ1v) is 7.41. The van der Waals surface area contributed by atoms with E-state index in [1.54, 1.807) is 0 Å². The highest BCUT2D eigenvalue weighted by Gasteiger charge is 2.35. The maximum atomic E-state index is 12.3. The van der Waals surface area contributed by atoms with Crippen molar-refractivity contribution in [1.82, 2.24) is 5.32 Å². The fourth-order valence-electron chi connectivity index (χ4n) is 3.18. The number of aliphatic carboxylic acids is 1. The molecular formula is C16H19NO4. The molecule has 3 unspecified atom stereocenters. The molecule has 112 valence electrons. The number of carbonyl (C=O) groups is 2. The number of aryl methyl sites for hydroxylation is 1. The number of rotatable bonds is 3. The number of nitrogens with one attached hydrogen (secondary N) is 1. The molecule has 2 aliphatic rings. The minimum atomic E-state index is -0.992. The second-order valence-electron chi connectivity index (χ2n) is 5.68. The van der Waals surface area contributed by atoms with Gasteiger partial charge in [0.15, 0.2) is 6.10 Å². The van der Waals surface area contributed by atoms with Crippen molar-refractivity contribution in [2.45, 2.75) is 50.4 Å². The fraction of sp³-hybridized carbons (Fsp3) is 0.500. The molecule has 1 aliphatic heterocycles. The summed E-state index contributed by atoms with van der Waals surface area (Å²) in [5, 5.41) is 11.9. The normalized spacial score (nSPS) is 27.9. The lowest BCUT2D eigenvalue weighted by Crippen LogP contribution is -2.39. The van der Waals surface area contributed by atoms with E-state index in [1.165, 1.54) is 11.1 Å². The molecule has 1 heterocycles. The number of ether oxygens (including phenoxy) is 1. The van der Waals surface area contributed by atoms with E-state index in [2.05, 4.69) is 17.4 Å². The van der Waals surface area contributed by atoms with Crippen molar-refractivity contribution in [2.75, 3.05) is 0 Å². The summed E-state index contributed by atoms with van der Waals surface area (Å²) in [6.45, 7) is 0. The second-order valence-corrected chi connectivity index (χ2v) is 5.68. The molecule has 1 aromatic rings. The zero-order valence-electron chi connectivity index (χ0n) is 11.7. The molecule has 5 heteroatoms. The molecule has 3 atom stereocenters. The highest BCUT2D eigenvalue weighted by molar-refractivity contribution is 5.83. The second kappa shape index (κ2) is 5.85. The molecule has 0 bridgehead atoms. The summed E-state index contributed by atoms with van der Waals surface area (Å²) < 4.78 is 5.30. The Morgan fingerprint density at radius 1 is 1.14 bits per heavy atom. The van der Waals surface area contributed by atoms with Gasteiger partial charge in [-0.25, -0.2) is 4.79 Å². The highest BCUT2D eigenvalue weighted by atomic mass is 16.5. The first-order valence-electron chi connectivity index (χ1n) is 7.41. The van der Waals surface area contributed by atoms with Crippen LogP contribution in [-0.4, -0.2) is 29.2 Å². The Bertz CT molecular complexity index is 557. The van der Waals surface area contributed by atoms with Gasteiger partial charge in [-0.05, 0) is 43.2 Å². The molecule has 0 radical (unpaired) electrons. The van der Waals surface area contributed by atoms with Crippen LogP contribution in [0.4, 0.5) is 0 Å². The van der Waals surface area contributed by atoms with Crippen LogP contribution in [0.2, 0.25) is 0 Å². The van der Waals surface area contributed by atoms with Crippen LogP contribution < -0.4 is 5.32 Å². The van der Waals surface area contributed by atoms with Gasteiger partial charge in [0.1, 0.15) is 6.10 Å². The lowest BCUT2D eigenvalue weighted by Gasteiger charge is -2.27. The standard InChI is InChI=1S/C16H19NO4/c18-15(13-8-9-14(21-13)16(19)20)17-12-7-3-5-10-4-1-2-6-11(10)12/h1-2,4,6,12-14H,3,5,7-9H2,(H,17,18)(H,19,20). The molecule has 2 N–H and O–H groups in total. The molecule has 21 heavy (non-hydrogen) atoms. The Balaban J connectivity index is 1.65. The van der Waals surface area contributed by atoms with Crippen molar-refractivity contribution in [3.63, 3.8) is 0 Å². The largest absolute Gasteiger partial charge is 0.479 e. The van der Waals surface area contributed by atoms with Crippen LogP contribution in [0.15, 0.2) is 24.3 Å². The van der Waals surface area contributed by atoms with E-state index in [-0.39, 0.29) is 11.9 Å². The summed E-state index contributed by atoms with van der Waals surface area (Å²) in [4.78, 5) is 23.1. The number of fused-ring (bicyclic) bond motifs is 1. The third-order valence-electron chi connectivity index (χ3n) is 4.27. The Morgan fingerprint density at radius 3 is 2.67 bits per heavy atom. The van der Waals surface area contributed by atoms with E-state index in [0.29, 0.717) is 12.8 Å². The van der Waals surface area contributed by atoms with Crippen LogP contribution in [0.3, 0.4) is 0 Å². The molecule has 5 nitrogen and oxygen atoms in total. The Kier molecular flexibility index (Phi) is 3.92. The van der Waals surface area contributed by atoms with Crippen LogP contribution in [0.25, 0.3) is 0 Å². The summed E-state index contributed by atoms with van der Waals surface area (Å²) >= 11 is 0. The quantitative estimate of drug-likeness (QED) is 0.890. The van der Waals surface area contributed by atoms with Crippen molar-refractivity contribution in [3.05, 3.63) is 35.4 Å². The van der Waals surface area contributed by atoms with Gasteiger partial charge < -0.3 is 15.2 Å². The fourth-order valence-corrected chi connectivity index (χ4v) is 3.18. The molecule has 0 aromatic heterocycles. The van der Waals surface area contributed by atoms with E-state index < -0.39 is 18.2 Å². The molecule has 1 saturated heterocycles.